The van der Waals surface area contributed by atoms with Crippen molar-refractivity contribution in [3.63, 3.8) is 0 Å². The van der Waals surface area contributed by atoms with Crippen LogP contribution in [0, 0.1) is 5.92 Å². The molecule has 0 bridgehead atoms. The first-order chi connectivity index (χ1) is 20.6. The highest BCUT2D eigenvalue weighted by Gasteiger charge is 2.37. The molecule has 0 heterocycles. The van der Waals surface area contributed by atoms with Crippen molar-refractivity contribution in [3.8, 4) is 5.75 Å². The van der Waals surface area contributed by atoms with Crippen LogP contribution in [-0.2, 0) is 25.5 Å². The molecule has 0 radical (unpaired) electrons. The molecule has 9 nitrogen and oxygen atoms in total. The number of carbonyl (C=O) groups is 4. The minimum Gasteiger partial charge on any atom is -0.483 e. The van der Waals surface area contributed by atoms with Crippen LogP contribution in [-0.4, -0.2) is 68.3 Å². The summed E-state index contributed by atoms with van der Waals surface area (Å²) in [5.74, 6) is -0.962. The molecule has 3 aromatic rings. The zero-order chi connectivity index (χ0) is 31.4. The van der Waals surface area contributed by atoms with Crippen LogP contribution in [0.4, 0.5) is 0 Å². The number of methoxy groups -OCH3 is 1. The fraction of sp³-hybridized carbons (Fsp3) is 0.353. The summed E-state index contributed by atoms with van der Waals surface area (Å²) in [5.41, 5.74) is 1.93. The van der Waals surface area contributed by atoms with E-state index in [1.54, 1.807) is 36.4 Å². The van der Waals surface area contributed by atoms with E-state index in [-0.39, 0.29) is 18.2 Å². The van der Waals surface area contributed by atoms with E-state index < -0.39 is 36.1 Å². The van der Waals surface area contributed by atoms with Crippen LogP contribution in [0.1, 0.15) is 47.9 Å². The van der Waals surface area contributed by atoms with Gasteiger partial charge in [0, 0.05) is 12.0 Å². The van der Waals surface area contributed by atoms with Crippen molar-refractivity contribution in [2.45, 2.75) is 50.9 Å². The maximum atomic E-state index is 14.1. The first-order valence-electron chi connectivity index (χ1n) is 14.3. The molecule has 0 aliphatic heterocycles. The van der Waals surface area contributed by atoms with E-state index in [1.165, 1.54) is 7.11 Å². The summed E-state index contributed by atoms with van der Waals surface area (Å²) >= 11 is 0. The number of esters is 1. The number of aldehydes is 1. The Hall–Kier alpha value is -4.50. The van der Waals surface area contributed by atoms with E-state index in [4.69, 9.17) is 9.47 Å². The van der Waals surface area contributed by atoms with Gasteiger partial charge in [0.25, 0.3) is 0 Å². The molecule has 0 saturated heterocycles. The number of nitrogens with one attached hydrogen (secondary N) is 2. The molecule has 9 heteroatoms. The van der Waals surface area contributed by atoms with Crippen LogP contribution in [0.15, 0.2) is 84.9 Å². The Bertz CT molecular complexity index is 1330. The van der Waals surface area contributed by atoms with Gasteiger partial charge >= 0.3 is 5.97 Å². The third-order valence-corrected chi connectivity index (χ3v) is 7.00. The van der Waals surface area contributed by atoms with Crippen LogP contribution >= 0.6 is 0 Å². The van der Waals surface area contributed by atoms with Gasteiger partial charge in [0.05, 0.1) is 13.2 Å². The van der Waals surface area contributed by atoms with Gasteiger partial charge < -0.3 is 20.1 Å². The van der Waals surface area contributed by atoms with E-state index >= 15 is 0 Å². The van der Waals surface area contributed by atoms with Gasteiger partial charge in [0.1, 0.15) is 24.1 Å². The fourth-order valence-corrected chi connectivity index (χ4v) is 4.72. The van der Waals surface area contributed by atoms with Crippen LogP contribution in [0.2, 0.25) is 0 Å². The van der Waals surface area contributed by atoms with Crippen LogP contribution in [0.5, 0.6) is 5.75 Å². The third-order valence-electron chi connectivity index (χ3n) is 7.00. The SMILES string of the molecule is COC(=O)[C@H](Cc1ccccc1)NC(=O)[C@H](NC(=O)[C@H](CC(C)C)N(C)C)[C@H](Oc1ccc(C=O)cc1)c1ccccc1. The van der Waals surface area contributed by atoms with Gasteiger partial charge in [-0.3, -0.25) is 19.3 Å². The van der Waals surface area contributed by atoms with E-state index in [0.29, 0.717) is 23.3 Å². The molecule has 2 N–H and O–H groups in total. The zero-order valence-electron chi connectivity index (χ0n) is 25.4. The molecular weight excluding hydrogens is 546 g/mol. The van der Waals surface area contributed by atoms with E-state index in [9.17, 15) is 19.2 Å². The van der Waals surface area contributed by atoms with Gasteiger partial charge in [-0.2, -0.15) is 0 Å². The lowest BCUT2D eigenvalue weighted by Crippen LogP contribution is -2.58. The van der Waals surface area contributed by atoms with Gasteiger partial charge in [-0.1, -0.05) is 74.5 Å². The number of benzene rings is 3. The van der Waals surface area contributed by atoms with Crippen LogP contribution in [0.3, 0.4) is 0 Å². The molecule has 43 heavy (non-hydrogen) atoms. The van der Waals surface area contributed by atoms with Crippen molar-refractivity contribution in [1.29, 1.82) is 0 Å². The lowest BCUT2D eigenvalue weighted by Gasteiger charge is -2.32. The topological polar surface area (TPSA) is 114 Å². The maximum absolute atomic E-state index is 14.1. The summed E-state index contributed by atoms with van der Waals surface area (Å²) in [6, 6.07) is 22.0. The number of hydrogen-bond acceptors (Lipinski definition) is 7. The van der Waals surface area contributed by atoms with Gasteiger partial charge in [-0.25, -0.2) is 4.79 Å². The van der Waals surface area contributed by atoms with Gasteiger partial charge in [0.2, 0.25) is 11.8 Å². The Labute approximate surface area is 253 Å². The molecular formula is C34H41N3O6. The lowest BCUT2D eigenvalue weighted by molar-refractivity contribution is -0.145. The van der Waals surface area contributed by atoms with Gasteiger partial charge in [-0.15, -0.1) is 0 Å². The smallest absolute Gasteiger partial charge is 0.328 e. The normalized spacial score (nSPS) is 13.8. The molecule has 0 aromatic heterocycles. The summed E-state index contributed by atoms with van der Waals surface area (Å²) < 4.78 is 11.4. The number of likely N-dealkylation sites (N-methyl/N-ethyl adjacent to an activating group) is 1. The van der Waals surface area contributed by atoms with E-state index in [2.05, 4.69) is 10.6 Å². The number of rotatable bonds is 15. The average Bonchev–Trinajstić information content (AvgIpc) is 3.01. The second-order valence-corrected chi connectivity index (χ2v) is 11.0. The quantitative estimate of drug-likeness (QED) is 0.204. The number of ether oxygens (including phenoxy) is 2. The summed E-state index contributed by atoms with van der Waals surface area (Å²) in [5, 5.41) is 5.76. The number of hydrogen-bond donors (Lipinski definition) is 2. The molecule has 0 aliphatic carbocycles. The minimum atomic E-state index is -1.24. The second kappa shape index (κ2) is 16.2. The highest BCUT2D eigenvalue weighted by atomic mass is 16.5. The molecule has 0 aliphatic rings. The molecule has 0 unspecified atom stereocenters. The number of carbonyl (C=O) groups excluding carboxylic acids is 4. The molecule has 3 aromatic carbocycles. The van der Waals surface area contributed by atoms with Crippen molar-refractivity contribution in [3.05, 3.63) is 102 Å². The lowest BCUT2D eigenvalue weighted by atomic mass is 9.97. The number of amides is 2. The monoisotopic (exact) mass is 587 g/mol. The maximum Gasteiger partial charge on any atom is 0.328 e. The number of nitrogens with zero attached hydrogens (tertiary/aromatic N) is 1. The third kappa shape index (κ3) is 9.78. The Kier molecular flexibility index (Phi) is 12.5. The van der Waals surface area contributed by atoms with Gasteiger partial charge in [-0.05, 0) is 61.8 Å². The molecule has 0 saturated carbocycles. The Morgan fingerprint density at radius 1 is 0.837 bits per heavy atom. The molecule has 3 rings (SSSR count). The average molecular weight is 588 g/mol. The first kappa shape index (κ1) is 33.0. The molecule has 4 atom stereocenters. The van der Waals surface area contributed by atoms with Gasteiger partial charge in [0.15, 0.2) is 6.10 Å². The summed E-state index contributed by atoms with van der Waals surface area (Å²) in [7, 11) is 4.89. The predicted octanol–water partition coefficient (Wildman–Crippen LogP) is 3.98. The molecule has 2 amide bonds. The highest BCUT2D eigenvalue weighted by Crippen LogP contribution is 2.26. The minimum absolute atomic E-state index is 0.192. The van der Waals surface area contributed by atoms with Crippen molar-refractivity contribution >= 4 is 24.1 Å². The zero-order valence-corrected chi connectivity index (χ0v) is 25.4. The molecule has 0 spiro atoms. The highest BCUT2D eigenvalue weighted by molar-refractivity contribution is 5.92. The van der Waals surface area contributed by atoms with Crippen molar-refractivity contribution in [2.75, 3.05) is 21.2 Å². The Morgan fingerprint density at radius 3 is 1.98 bits per heavy atom. The molecule has 228 valence electrons. The summed E-state index contributed by atoms with van der Waals surface area (Å²) in [6.45, 7) is 4.05. The Morgan fingerprint density at radius 2 is 1.44 bits per heavy atom. The summed E-state index contributed by atoms with van der Waals surface area (Å²) in [6.07, 6.45) is 0.502. The Balaban J connectivity index is 2.04. The second-order valence-electron chi connectivity index (χ2n) is 11.0. The fourth-order valence-electron chi connectivity index (χ4n) is 4.72. The van der Waals surface area contributed by atoms with Crippen LogP contribution in [0.25, 0.3) is 0 Å². The van der Waals surface area contributed by atoms with Crippen LogP contribution < -0.4 is 15.4 Å². The molecule has 0 fully saturated rings. The predicted molar refractivity (Wildman–Crippen MR) is 165 cm³/mol. The first-order valence-corrected chi connectivity index (χ1v) is 14.3. The summed E-state index contributed by atoms with van der Waals surface area (Å²) in [4.78, 5) is 53.7. The van der Waals surface area contributed by atoms with Crippen molar-refractivity contribution < 1.29 is 28.7 Å². The van der Waals surface area contributed by atoms with E-state index in [1.807, 2.05) is 81.4 Å². The van der Waals surface area contributed by atoms with E-state index in [0.717, 1.165) is 11.8 Å². The standard InChI is InChI=1S/C34H41N3O6/c1-23(2)20-29(37(3)4)32(39)36-30(33(40)35-28(34(41)42-5)21-24-12-8-6-9-13-24)31(26-14-10-7-11-15-26)43-27-18-16-25(22-38)17-19-27/h6-19,22-23,28-31H,20-21H2,1-5H3,(H,35,40)(H,36,39)/t28-,29-,30+,31+/m0/s1. The van der Waals surface area contributed by atoms with Crippen molar-refractivity contribution in [2.24, 2.45) is 5.92 Å². The van der Waals surface area contributed by atoms with Crippen molar-refractivity contribution in [1.82, 2.24) is 15.5 Å². The largest absolute Gasteiger partial charge is 0.483 e.